The number of β-lactam (4-membered cyclic amide) rings is 1. The van der Waals surface area contributed by atoms with Gasteiger partial charge < -0.3 is 9.64 Å². The lowest BCUT2D eigenvalue weighted by Gasteiger charge is -2.53. The van der Waals surface area contributed by atoms with E-state index in [4.69, 9.17) is 4.74 Å². The number of rotatable bonds is 3. The smallest absolute Gasteiger partial charge is 0.235 e. The first-order valence-corrected chi connectivity index (χ1v) is 7.19. The Morgan fingerprint density at radius 2 is 1.86 bits per heavy atom. The minimum atomic E-state index is -0.555. The fourth-order valence-electron chi connectivity index (χ4n) is 3.11. The van der Waals surface area contributed by atoms with Crippen molar-refractivity contribution in [1.29, 1.82) is 0 Å². The fraction of sp³-hybridized carbons (Fsp3) is 0.278. The molecule has 2 aromatic rings. The van der Waals surface area contributed by atoms with Crippen LogP contribution in [0.5, 0.6) is 5.75 Å². The molecule has 0 aliphatic carbocycles. The van der Waals surface area contributed by atoms with Crippen LogP contribution in [0.3, 0.4) is 0 Å². The van der Waals surface area contributed by atoms with E-state index in [1.807, 2.05) is 38.1 Å². The monoisotopic (exact) mass is 299 g/mol. The van der Waals surface area contributed by atoms with Gasteiger partial charge in [-0.15, -0.1) is 0 Å². The Labute approximate surface area is 129 Å². The first-order valence-electron chi connectivity index (χ1n) is 7.19. The summed E-state index contributed by atoms with van der Waals surface area (Å²) in [7, 11) is 1.61. The van der Waals surface area contributed by atoms with E-state index in [1.165, 1.54) is 12.1 Å². The molecule has 1 saturated heterocycles. The van der Waals surface area contributed by atoms with Crippen LogP contribution in [0.1, 0.15) is 25.5 Å². The number of halogens is 1. The molecule has 0 radical (unpaired) electrons. The molecule has 0 aromatic heterocycles. The zero-order chi connectivity index (χ0) is 15.9. The van der Waals surface area contributed by atoms with Gasteiger partial charge in [-0.05, 0) is 38.1 Å². The van der Waals surface area contributed by atoms with Crippen LogP contribution in [0.25, 0.3) is 0 Å². The molecule has 114 valence electrons. The average molecular weight is 299 g/mol. The number of hydrogen-bond acceptors (Lipinski definition) is 2. The molecule has 2 aromatic carbocycles. The summed E-state index contributed by atoms with van der Waals surface area (Å²) in [5, 5.41) is 0. The molecule has 0 bridgehead atoms. The number of carbonyl (C=O) groups excluding carboxylic acids is 1. The minimum Gasteiger partial charge on any atom is -0.496 e. The van der Waals surface area contributed by atoms with Crippen LogP contribution in [-0.4, -0.2) is 13.0 Å². The molecular weight excluding hydrogens is 281 g/mol. The van der Waals surface area contributed by atoms with Gasteiger partial charge in [-0.1, -0.05) is 24.3 Å². The highest BCUT2D eigenvalue weighted by molar-refractivity contribution is 6.05. The van der Waals surface area contributed by atoms with Gasteiger partial charge in [0.05, 0.1) is 18.6 Å². The molecule has 1 aliphatic rings. The maximum absolute atomic E-state index is 13.5. The van der Waals surface area contributed by atoms with Crippen molar-refractivity contribution in [3.05, 3.63) is 59.9 Å². The molecule has 0 N–H and O–H groups in total. The summed E-state index contributed by atoms with van der Waals surface area (Å²) < 4.78 is 18.9. The highest BCUT2D eigenvalue weighted by Crippen LogP contribution is 2.53. The van der Waals surface area contributed by atoms with Crippen LogP contribution < -0.4 is 9.64 Å². The van der Waals surface area contributed by atoms with Crippen LogP contribution in [0.4, 0.5) is 10.1 Å². The first-order chi connectivity index (χ1) is 10.5. The normalized spacial score (nSPS) is 19.7. The maximum Gasteiger partial charge on any atom is 0.235 e. The van der Waals surface area contributed by atoms with Gasteiger partial charge >= 0.3 is 0 Å². The second-order valence-electron chi connectivity index (χ2n) is 6.02. The Balaban J connectivity index is 2.09. The minimum absolute atomic E-state index is 0.0194. The van der Waals surface area contributed by atoms with Gasteiger partial charge in [0.1, 0.15) is 11.6 Å². The molecule has 3 nitrogen and oxygen atoms in total. The number of benzene rings is 2. The van der Waals surface area contributed by atoms with Gasteiger partial charge in [-0.2, -0.15) is 0 Å². The second kappa shape index (κ2) is 5.13. The van der Waals surface area contributed by atoms with Crippen LogP contribution >= 0.6 is 0 Å². The lowest BCUT2D eigenvalue weighted by Crippen LogP contribution is -2.61. The Morgan fingerprint density at radius 3 is 2.55 bits per heavy atom. The number of hydrogen-bond donors (Lipinski definition) is 0. The Kier molecular flexibility index (Phi) is 3.39. The first kappa shape index (κ1) is 14.6. The molecular formula is C18H18FNO2. The van der Waals surface area contributed by atoms with Gasteiger partial charge in [0, 0.05) is 11.3 Å². The number of anilines is 1. The van der Waals surface area contributed by atoms with Crippen molar-refractivity contribution in [2.45, 2.75) is 19.9 Å². The largest absolute Gasteiger partial charge is 0.496 e. The van der Waals surface area contributed by atoms with E-state index in [0.29, 0.717) is 5.69 Å². The van der Waals surface area contributed by atoms with E-state index in [0.717, 1.165) is 11.3 Å². The number of amides is 1. The van der Waals surface area contributed by atoms with Crippen molar-refractivity contribution in [2.75, 3.05) is 12.0 Å². The zero-order valence-electron chi connectivity index (χ0n) is 12.8. The number of ether oxygens (including phenoxy) is 1. The molecule has 1 amide bonds. The summed E-state index contributed by atoms with van der Waals surface area (Å²) in [6.07, 6.45) is 0. The van der Waals surface area contributed by atoms with E-state index in [1.54, 1.807) is 24.1 Å². The number of methoxy groups -OCH3 is 1. The van der Waals surface area contributed by atoms with E-state index in [9.17, 15) is 9.18 Å². The summed E-state index contributed by atoms with van der Waals surface area (Å²) >= 11 is 0. The fourth-order valence-corrected chi connectivity index (χ4v) is 3.11. The summed E-state index contributed by atoms with van der Waals surface area (Å²) in [5.74, 6) is 0.359. The molecule has 0 saturated carbocycles. The molecule has 0 spiro atoms. The van der Waals surface area contributed by atoms with Crippen molar-refractivity contribution >= 4 is 11.6 Å². The van der Waals surface area contributed by atoms with Crippen LogP contribution in [0.15, 0.2) is 48.5 Å². The highest BCUT2D eigenvalue weighted by atomic mass is 19.1. The van der Waals surface area contributed by atoms with Crippen LogP contribution in [-0.2, 0) is 4.79 Å². The molecule has 1 aliphatic heterocycles. The van der Waals surface area contributed by atoms with Gasteiger partial charge in [0.25, 0.3) is 0 Å². The van der Waals surface area contributed by atoms with Gasteiger partial charge in [0.15, 0.2) is 0 Å². The second-order valence-corrected chi connectivity index (χ2v) is 6.02. The van der Waals surface area contributed by atoms with Gasteiger partial charge in [0.2, 0.25) is 5.91 Å². The number of carbonyl (C=O) groups is 1. The average Bonchev–Trinajstić information content (AvgIpc) is 2.51. The van der Waals surface area contributed by atoms with Crippen molar-refractivity contribution in [2.24, 2.45) is 5.41 Å². The quantitative estimate of drug-likeness (QED) is 0.803. The summed E-state index contributed by atoms with van der Waals surface area (Å²) in [4.78, 5) is 14.2. The topological polar surface area (TPSA) is 29.5 Å². The van der Waals surface area contributed by atoms with E-state index in [-0.39, 0.29) is 17.8 Å². The third kappa shape index (κ3) is 2.06. The Morgan fingerprint density at radius 1 is 1.14 bits per heavy atom. The lowest BCUT2D eigenvalue weighted by molar-refractivity contribution is -0.137. The molecule has 1 unspecified atom stereocenters. The van der Waals surface area contributed by atoms with E-state index in [2.05, 4.69) is 0 Å². The van der Waals surface area contributed by atoms with Gasteiger partial charge in [-0.3, -0.25) is 4.79 Å². The van der Waals surface area contributed by atoms with Crippen molar-refractivity contribution < 1.29 is 13.9 Å². The van der Waals surface area contributed by atoms with Crippen molar-refractivity contribution in [1.82, 2.24) is 0 Å². The molecule has 1 heterocycles. The Hall–Kier alpha value is -2.36. The molecule has 1 fully saturated rings. The molecule has 22 heavy (non-hydrogen) atoms. The Bertz CT molecular complexity index is 727. The van der Waals surface area contributed by atoms with Crippen molar-refractivity contribution in [3.8, 4) is 5.75 Å². The summed E-state index contributed by atoms with van der Waals surface area (Å²) in [6.45, 7) is 3.81. The lowest BCUT2D eigenvalue weighted by atomic mass is 9.70. The van der Waals surface area contributed by atoms with E-state index >= 15 is 0 Å². The SMILES string of the molecule is COc1ccccc1C1N(c2cccc(F)c2)C(=O)C1(C)C. The zero-order valence-corrected chi connectivity index (χ0v) is 12.8. The highest BCUT2D eigenvalue weighted by Gasteiger charge is 2.56. The van der Waals surface area contributed by atoms with E-state index < -0.39 is 5.41 Å². The molecule has 3 rings (SSSR count). The predicted molar refractivity (Wildman–Crippen MR) is 83.4 cm³/mol. The summed E-state index contributed by atoms with van der Waals surface area (Å²) in [5.41, 5.74) is 0.945. The molecule has 4 heteroatoms. The number of nitrogens with zero attached hydrogens (tertiary/aromatic N) is 1. The third-order valence-corrected chi connectivity index (χ3v) is 4.23. The standard InChI is InChI=1S/C18H18FNO2/c1-18(2)16(14-9-4-5-10-15(14)22-3)20(17(18)21)13-8-6-7-12(19)11-13/h4-11,16H,1-3H3. The van der Waals surface area contributed by atoms with Crippen molar-refractivity contribution in [3.63, 3.8) is 0 Å². The van der Waals surface area contributed by atoms with Gasteiger partial charge in [-0.25, -0.2) is 4.39 Å². The number of para-hydroxylation sites is 1. The predicted octanol–water partition coefficient (Wildman–Crippen LogP) is 3.95. The maximum atomic E-state index is 13.5. The van der Waals surface area contributed by atoms with Crippen LogP contribution in [0.2, 0.25) is 0 Å². The third-order valence-electron chi connectivity index (χ3n) is 4.23. The van der Waals surface area contributed by atoms with Crippen LogP contribution in [0, 0.1) is 11.2 Å². The molecule has 1 atom stereocenters. The summed E-state index contributed by atoms with van der Waals surface area (Å²) in [6, 6.07) is 13.6.